The molecule has 0 saturated heterocycles. The highest BCUT2D eigenvalue weighted by molar-refractivity contribution is 6.34. The van der Waals surface area contributed by atoms with Gasteiger partial charge >= 0.3 is 0 Å². The Morgan fingerprint density at radius 1 is 1.38 bits per heavy atom. The molecule has 78 valence electrons. The second-order valence-electron chi connectivity index (χ2n) is 3.42. The molecule has 5 nitrogen and oxygen atoms in total. The van der Waals surface area contributed by atoms with Gasteiger partial charge in [-0.3, -0.25) is 4.79 Å². The highest BCUT2D eigenvalue weighted by atomic mass is 16.2. The number of aromatic nitrogens is 3. The molecule has 3 heterocycles. The van der Waals surface area contributed by atoms with Gasteiger partial charge < -0.3 is 10.3 Å². The molecule has 0 saturated carbocycles. The molecule has 2 aromatic rings. The zero-order valence-corrected chi connectivity index (χ0v) is 8.27. The van der Waals surface area contributed by atoms with Crippen LogP contribution in [0.3, 0.4) is 0 Å². The summed E-state index contributed by atoms with van der Waals surface area (Å²) in [6.45, 7) is 0. The average Bonchev–Trinajstić information content (AvgIpc) is 2.89. The minimum Gasteiger partial charge on any atom is -0.362 e. The topological polar surface area (TPSA) is 70.7 Å². The van der Waals surface area contributed by atoms with Gasteiger partial charge in [0.05, 0.1) is 5.57 Å². The second kappa shape index (κ2) is 3.30. The molecule has 0 spiro atoms. The Bertz CT molecular complexity index is 571. The van der Waals surface area contributed by atoms with Gasteiger partial charge in [-0.15, -0.1) is 0 Å². The largest absolute Gasteiger partial charge is 0.362 e. The third-order valence-electron chi connectivity index (χ3n) is 2.40. The predicted octanol–water partition coefficient (Wildman–Crippen LogP) is 1.30. The summed E-state index contributed by atoms with van der Waals surface area (Å²) in [4.78, 5) is 22.6. The Morgan fingerprint density at radius 2 is 2.31 bits per heavy atom. The van der Waals surface area contributed by atoms with E-state index in [-0.39, 0.29) is 5.91 Å². The van der Waals surface area contributed by atoms with Gasteiger partial charge in [0.15, 0.2) is 0 Å². The van der Waals surface area contributed by atoms with Gasteiger partial charge in [-0.1, -0.05) is 0 Å². The lowest BCUT2D eigenvalue weighted by Crippen LogP contribution is -2.04. The molecule has 0 radical (unpaired) electrons. The molecule has 0 fully saturated rings. The molecule has 3 rings (SSSR count). The first-order chi connectivity index (χ1) is 7.84. The first kappa shape index (κ1) is 8.84. The van der Waals surface area contributed by atoms with Crippen LogP contribution >= 0.6 is 0 Å². The van der Waals surface area contributed by atoms with Crippen LogP contribution in [0.25, 0.3) is 11.6 Å². The normalized spacial score (nSPS) is 16.2. The number of nitrogens with one attached hydrogen (secondary N) is 2. The molecule has 5 heteroatoms. The zero-order chi connectivity index (χ0) is 11.0. The number of amides is 1. The Labute approximate surface area is 91.2 Å². The quantitative estimate of drug-likeness (QED) is 0.700. The van der Waals surface area contributed by atoms with Crippen molar-refractivity contribution < 1.29 is 4.79 Å². The number of hydrogen-bond donors (Lipinski definition) is 2. The van der Waals surface area contributed by atoms with Crippen molar-refractivity contribution >= 4 is 23.4 Å². The van der Waals surface area contributed by atoms with Crippen LogP contribution in [0.5, 0.6) is 0 Å². The Morgan fingerprint density at radius 3 is 3.12 bits per heavy atom. The van der Waals surface area contributed by atoms with Crippen LogP contribution in [0, 0.1) is 0 Å². The third kappa shape index (κ3) is 1.30. The maximum atomic E-state index is 11.7. The van der Waals surface area contributed by atoms with Crippen LogP contribution in [-0.2, 0) is 4.79 Å². The maximum Gasteiger partial charge on any atom is 0.257 e. The fourth-order valence-electron chi connectivity index (χ4n) is 1.66. The number of carbonyl (C=O) groups excluding carboxylic acids is 1. The zero-order valence-electron chi connectivity index (χ0n) is 8.27. The Balaban J connectivity index is 2.12. The van der Waals surface area contributed by atoms with Crippen molar-refractivity contribution in [3.63, 3.8) is 0 Å². The van der Waals surface area contributed by atoms with Gasteiger partial charge in [0.25, 0.3) is 5.91 Å². The van der Waals surface area contributed by atoms with Gasteiger partial charge in [-0.2, -0.15) is 0 Å². The van der Waals surface area contributed by atoms with Crippen LogP contribution in [0.15, 0.2) is 30.9 Å². The lowest BCUT2D eigenvalue weighted by Gasteiger charge is -1.94. The second-order valence-corrected chi connectivity index (χ2v) is 3.42. The number of nitrogens with zero attached hydrogens (tertiary/aromatic N) is 2. The lowest BCUT2D eigenvalue weighted by molar-refractivity contribution is -0.110. The molecule has 2 N–H and O–H groups in total. The lowest BCUT2D eigenvalue weighted by atomic mass is 10.1. The summed E-state index contributed by atoms with van der Waals surface area (Å²) in [6, 6.07) is 3.77. The summed E-state index contributed by atoms with van der Waals surface area (Å²) in [7, 11) is 0. The van der Waals surface area contributed by atoms with Gasteiger partial charge in [0.2, 0.25) is 0 Å². The first-order valence-corrected chi connectivity index (χ1v) is 4.81. The van der Waals surface area contributed by atoms with E-state index in [4.69, 9.17) is 0 Å². The minimum atomic E-state index is -0.148. The van der Waals surface area contributed by atoms with E-state index in [1.54, 1.807) is 12.3 Å². The van der Waals surface area contributed by atoms with Crippen molar-refractivity contribution in [2.24, 2.45) is 0 Å². The molecular weight excluding hydrogens is 204 g/mol. The highest BCUT2D eigenvalue weighted by Gasteiger charge is 2.25. The molecule has 1 aliphatic rings. The molecular formula is C11H8N4O. The molecule has 0 unspecified atom stereocenters. The SMILES string of the molecule is O=C1Nc2ncncc2C1=Cc1ccc[nH]1. The van der Waals surface area contributed by atoms with E-state index in [2.05, 4.69) is 20.3 Å². The van der Waals surface area contributed by atoms with Gasteiger partial charge in [0.1, 0.15) is 12.1 Å². The van der Waals surface area contributed by atoms with Crippen molar-refractivity contribution in [1.29, 1.82) is 0 Å². The summed E-state index contributed by atoms with van der Waals surface area (Å²) in [5.74, 6) is 0.419. The number of H-pyrrole nitrogens is 1. The van der Waals surface area contributed by atoms with E-state index in [9.17, 15) is 4.79 Å². The highest BCUT2D eigenvalue weighted by Crippen LogP contribution is 2.29. The molecule has 0 aromatic carbocycles. The van der Waals surface area contributed by atoms with E-state index in [0.717, 1.165) is 11.3 Å². The van der Waals surface area contributed by atoms with Gasteiger partial charge in [-0.05, 0) is 18.2 Å². The fourth-order valence-corrected chi connectivity index (χ4v) is 1.66. The van der Waals surface area contributed by atoms with Crippen LogP contribution in [0.1, 0.15) is 11.3 Å². The van der Waals surface area contributed by atoms with Crippen molar-refractivity contribution in [1.82, 2.24) is 15.0 Å². The first-order valence-electron chi connectivity index (χ1n) is 4.81. The van der Waals surface area contributed by atoms with E-state index in [1.807, 2.05) is 18.3 Å². The number of fused-ring (bicyclic) bond motifs is 1. The predicted molar refractivity (Wildman–Crippen MR) is 59.3 cm³/mol. The van der Waals surface area contributed by atoms with E-state index in [1.165, 1.54) is 6.33 Å². The fraction of sp³-hybridized carbons (Fsp3) is 0. The number of carbonyl (C=O) groups is 1. The summed E-state index contributed by atoms with van der Waals surface area (Å²) in [6.07, 6.45) is 6.64. The Hall–Kier alpha value is -2.43. The molecule has 1 aliphatic heterocycles. The van der Waals surface area contributed by atoms with Crippen molar-refractivity contribution in [3.05, 3.63) is 42.1 Å². The van der Waals surface area contributed by atoms with Crippen LogP contribution in [-0.4, -0.2) is 20.9 Å². The average molecular weight is 212 g/mol. The van der Waals surface area contributed by atoms with Crippen molar-refractivity contribution in [2.45, 2.75) is 0 Å². The molecule has 0 aliphatic carbocycles. The summed E-state index contributed by atoms with van der Waals surface area (Å²) in [5, 5.41) is 2.69. The van der Waals surface area contributed by atoms with Gasteiger partial charge in [0, 0.05) is 23.7 Å². The third-order valence-corrected chi connectivity index (χ3v) is 2.40. The smallest absolute Gasteiger partial charge is 0.257 e. The number of anilines is 1. The monoisotopic (exact) mass is 212 g/mol. The number of aromatic amines is 1. The molecule has 0 atom stereocenters. The van der Waals surface area contributed by atoms with Crippen molar-refractivity contribution in [2.75, 3.05) is 5.32 Å². The molecule has 1 amide bonds. The van der Waals surface area contributed by atoms with Crippen LogP contribution < -0.4 is 5.32 Å². The van der Waals surface area contributed by atoms with E-state index < -0.39 is 0 Å². The summed E-state index contributed by atoms with van der Waals surface area (Å²) >= 11 is 0. The van der Waals surface area contributed by atoms with Crippen molar-refractivity contribution in [3.8, 4) is 0 Å². The van der Waals surface area contributed by atoms with Crippen LogP contribution in [0.4, 0.5) is 5.82 Å². The standard InChI is InChI=1S/C11H8N4O/c16-11-8(4-7-2-1-3-13-7)9-5-12-6-14-10(9)15-11/h1-6,13H,(H,12,14,15,16). The number of hydrogen-bond acceptors (Lipinski definition) is 3. The molecule has 16 heavy (non-hydrogen) atoms. The number of rotatable bonds is 1. The van der Waals surface area contributed by atoms with E-state index >= 15 is 0 Å². The maximum absolute atomic E-state index is 11.7. The Kier molecular flexibility index (Phi) is 1.83. The van der Waals surface area contributed by atoms with E-state index in [0.29, 0.717) is 11.4 Å². The summed E-state index contributed by atoms with van der Waals surface area (Å²) < 4.78 is 0. The minimum absolute atomic E-state index is 0.148. The molecule has 2 aromatic heterocycles. The van der Waals surface area contributed by atoms with Gasteiger partial charge in [-0.25, -0.2) is 9.97 Å². The van der Waals surface area contributed by atoms with Crippen LogP contribution in [0.2, 0.25) is 0 Å². The molecule has 0 bridgehead atoms. The summed E-state index contributed by atoms with van der Waals surface area (Å²) in [5.41, 5.74) is 2.20.